The molecule has 0 aliphatic carbocycles. The van der Waals surface area contributed by atoms with E-state index in [1.54, 1.807) is 0 Å². The number of benzene rings is 1. The number of aryl methyl sites for hydroxylation is 2. The molecule has 0 spiro atoms. The van der Waals surface area contributed by atoms with Crippen LogP contribution in [-0.2, 0) is 6.54 Å². The van der Waals surface area contributed by atoms with Gasteiger partial charge in [0.2, 0.25) is 5.95 Å². The van der Waals surface area contributed by atoms with Crippen LogP contribution in [0.5, 0.6) is 0 Å². The third kappa shape index (κ3) is 3.53. The maximum atomic E-state index is 6.65. The van der Waals surface area contributed by atoms with E-state index in [4.69, 9.17) is 16.6 Å². The van der Waals surface area contributed by atoms with E-state index in [-0.39, 0.29) is 0 Å². The van der Waals surface area contributed by atoms with Gasteiger partial charge < -0.3 is 14.4 Å². The van der Waals surface area contributed by atoms with E-state index >= 15 is 0 Å². The molecule has 0 unspecified atom stereocenters. The number of aromatic nitrogens is 3. The number of anilines is 3. The van der Waals surface area contributed by atoms with Crippen LogP contribution >= 0.6 is 11.6 Å². The largest absolute Gasteiger partial charge is 0.363 e. The van der Waals surface area contributed by atoms with Crippen molar-refractivity contribution in [2.75, 3.05) is 30.4 Å². The average molecular weight is 426 g/mol. The molecule has 0 atom stereocenters. The van der Waals surface area contributed by atoms with Crippen LogP contribution < -0.4 is 9.80 Å². The van der Waals surface area contributed by atoms with Crippen LogP contribution in [0.25, 0.3) is 11.0 Å². The fourth-order valence-electron chi connectivity index (χ4n) is 4.63. The Morgan fingerprint density at radius 3 is 2.53 bits per heavy atom. The Hall–Kier alpha value is -2.27. The molecule has 3 heterocycles. The summed E-state index contributed by atoms with van der Waals surface area (Å²) in [5.74, 6) is 2.48. The molecule has 0 saturated carbocycles. The smallest absolute Gasteiger partial charge is 0.211 e. The topological polar surface area (TPSA) is 37.2 Å². The minimum absolute atomic E-state index is 0.519. The van der Waals surface area contributed by atoms with Crippen LogP contribution in [0.1, 0.15) is 56.6 Å². The number of halogens is 1. The van der Waals surface area contributed by atoms with Crippen molar-refractivity contribution >= 4 is 40.1 Å². The minimum atomic E-state index is 0.519. The molecule has 1 aromatic carbocycles. The van der Waals surface area contributed by atoms with Gasteiger partial charge in [-0.2, -0.15) is 0 Å². The highest BCUT2D eigenvalue weighted by atomic mass is 35.5. The Balaban J connectivity index is 1.92. The van der Waals surface area contributed by atoms with Gasteiger partial charge in [-0.25, -0.2) is 9.97 Å². The lowest BCUT2D eigenvalue weighted by Gasteiger charge is -2.25. The summed E-state index contributed by atoms with van der Waals surface area (Å²) >= 11 is 6.65. The molecule has 160 valence electrons. The normalized spacial score (nSPS) is 14.3. The Morgan fingerprint density at radius 1 is 1.13 bits per heavy atom. The van der Waals surface area contributed by atoms with Crippen molar-refractivity contribution in [2.24, 2.45) is 0 Å². The number of imidazole rings is 1. The number of pyridine rings is 1. The van der Waals surface area contributed by atoms with Crippen LogP contribution in [0.3, 0.4) is 0 Å². The molecule has 0 bridgehead atoms. The number of fused-ring (bicyclic) bond motifs is 3. The molecule has 3 aromatic rings. The fraction of sp³-hybridized carbons (Fsp3) is 0.500. The Kier molecular flexibility index (Phi) is 5.92. The van der Waals surface area contributed by atoms with Gasteiger partial charge in [0.1, 0.15) is 11.3 Å². The molecule has 5 nitrogen and oxygen atoms in total. The van der Waals surface area contributed by atoms with Gasteiger partial charge in [-0.05, 0) is 61.8 Å². The average Bonchev–Trinajstić information content (AvgIpc) is 2.99. The summed E-state index contributed by atoms with van der Waals surface area (Å²) < 4.78 is 2.40. The third-order valence-electron chi connectivity index (χ3n) is 6.35. The zero-order chi connectivity index (χ0) is 21.4. The molecule has 0 radical (unpaired) electrons. The molecule has 0 saturated heterocycles. The summed E-state index contributed by atoms with van der Waals surface area (Å²) in [7, 11) is 4.04. The second-order valence-electron chi connectivity index (χ2n) is 8.49. The lowest BCUT2D eigenvalue weighted by molar-refractivity contribution is 0.632. The van der Waals surface area contributed by atoms with Crippen molar-refractivity contribution in [1.82, 2.24) is 14.5 Å². The standard InChI is InChI=1S/C24H32ClN5/c1-6-17(7-2)18-10-11-19(25)22-23(18)30-13-9-8-12-29(24(30)27-22)20-15-26-21(28(4)5)14-16(20)3/h10-11,14-15,17H,6-9,12-13H2,1-5H3. The first-order chi connectivity index (χ1) is 14.5. The molecule has 30 heavy (non-hydrogen) atoms. The van der Waals surface area contributed by atoms with Crippen LogP contribution in [0.15, 0.2) is 24.4 Å². The van der Waals surface area contributed by atoms with E-state index in [1.165, 1.54) is 16.6 Å². The van der Waals surface area contributed by atoms with Crippen LogP contribution in [0.4, 0.5) is 17.5 Å². The molecule has 0 fully saturated rings. The predicted octanol–water partition coefficient (Wildman–Crippen LogP) is 6.29. The van der Waals surface area contributed by atoms with Gasteiger partial charge in [-0.15, -0.1) is 0 Å². The fourth-order valence-corrected chi connectivity index (χ4v) is 4.82. The van der Waals surface area contributed by atoms with Gasteiger partial charge in [-0.3, -0.25) is 0 Å². The first-order valence-corrected chi connectivity index (χ1v) is 11.4. The molecule has 0 N–H and O–H groups in total. The number of hydrogen-bond acceptors (Lipinski definition) is 4. The molecule has 1 aliphatic rings. The van der Waals surface area contributed by atoms with E-state index in [0.29, 0.717) is 5.92 Å². The first kappa shape index (κ1) is 21.0. The maximum Gasteiger partial charge on any atom is 0.211 e. The van der Waals surface area contributed by atoms with Gasteiger partial charge in [-0.1, -0.05) is 31.5 Å². The number of rotatable bonds is 5. The zero-order valence-electron chi connectivity index (χ0n) is 18.7. The van der Waals surface area contributed by atoms with E-state index in [9.17, 15) is 0 Å². The summed E-state index contributed by atoms with van der Waals surface area (Å²) in [6, 6.07) is 6.38. The highest BCUT2D eigenvalue weighted by Gasteiger charge is 2.26. The zero-order valence-corrected chi connectivity index (χ0v) is 19.5. The van der Waals surface area contributed by atoms with Gasteiger partial charge in [0.05, 0.1) is 22.4 Å². The van der Waals surface area contributed by atoms with Crippen molar-refractivity contribution in [2.45, 2.75) is 58.9 Å². The maximum absolute atomic E-state index is 6.65. The molecule has 2 aromatic heterocycles. The quantitative estimate of drug-likeness (QED) is 0.481. The minimum Gasteiger partial charge on any atom is -0.363 e. The van der Waals surface area contributed by atoms with Crippen molar-refractivity contribution in [1.29, 1.82) is 0 Å². The van der Waals surface area contributed by atoms with Crippen LogP contribution in [-0.4, -0.2) is 35.2 Å². The second-order valence-corrected chi connectivity index (χ2v) is 8.90. The molecule has 0 amide bonds. The van der Waals surface area contributed by atoms with Crippen molar-refractivity contribution in [3.63, 3.8) is 0 Å². The summed E-state index contributed by atoms with van der Waals surface area (Å²) in [5.41, 5.74) is 5.85. The second kappa shape index (κ2) is 8.46. The molecule has 1 aliphatic heterocycles. The van der Waals surface area contributed by atoms with Crippen molar-refractivity contribution in [3.8, 4) is 0 Å². The van der Waals surface area contributed by atoms with Crippen LogP contribution in [0.2, 0.25) is 5.02 Å². The highest BCUT2D eigenvalue weighted by Crippen LogP contribution is 2.39. The molecule has 4 rings (SSSR count). The SMILES string of the molecule is CCC(CC)c1ccc(Cl)c2nc3n(c12)CCCCN3c1cnc(N(C)C)cc1C. The van der Waals surface area contributed by atoms with E-state index < -0.39 is 0 Å². The number of nitrogens with zero attached hydrogens (tertiary/aromatic N) is 5. The Morgan fingerprint density at radius 2 is 1.87 bits per heavy atom. The van der Waals surface area contributed by atoms with E-state index in [0.717, 1.165) is 66.8 Å². The van der Waals surface area contributed by atoms with Crippen LogP contribution in [0, 0.1) is 6.92 Å². The van der Waals surface area contributed by atoms with Gasteiger partial charge in [0.25, 0.3) is 0 Å². The van der Waals surface area contributed by atoms with Crippen molar-refractivity contribution < 1.29 is 0 Å². The number of hydrogen-bond donors (Lipinski definition) is 0. The summed E-state index contributed by atoms with van der Waals surface area (Å²) in [4.78, 5) is 14.2. The summed E-state index contributed by atoms with van der Waals surface area (Å²) in [6.45, 7) is 8.59. The van der Waals surface area contributed by atoms with Crippen molar-refractivity contribution in [3.05, 3.63) is 40.5 Å². The molecular formula is C24H32ClN5. The van der Waals surface area contributed by atoms with Gasteiger partial charge in [0, 0.05) is 27.2 Å². The molecular weight excluding hydrogens is 394 g/mol. The van der Waals surface area contributed by atoms with Gasteiger partial charge >= 0.3 is 0 Å². The summed E-state index contributed by atoms with van der Waals surface area (Å²) in [5, 5.41) is 0.734. The van der Waals surface area contributed by atoms with E-state index in [1.807, 2.05) is 31.3 Å². The van der Waals surface area contributed by atoms with Gasteiger partial charge in [0.15, 0.2) is 0 Å². The van der Waals surface area contributed by atoms with E-state index in [2.05, 4.69) is 47.4 Å². The molecule has 6 heteroatoms. The summed E-state index contributed by atoms with van der Waals surface area (Å²) in [6.07, 6.45) is 6.48. The third-order valence-corrected chi connectivity index (χ3v) is 6.66. The first-order valence-electron chi connectivity index (χ1n) is 11.1. The lowest BCUT2D eigenvalue weighted by atomic mass is 9.93. The monoisotopic (exact) mass is 425 g/mol. The Labute approximate surface area is 184 Å². The predicted molar refractivity (Wildman–Crippen MR) is 128 cm³/mol. The highest BCUT2D eigenvalue weighted by molar-refractivity contribution is 6.35. The lowest BCUT2D eigenvalue weighted by Crippen LogP contribution is -2.21. The Bertz CT molecular complexity index is 1050.